The first-order chi connectivity index (χ1) is 18.5. The van der Waals surface area contributed by atoms with Crippen molar-refractivity contribution in [2.45, 2.75) is 32.9 Å². The number of nitrogens with one attached hydrogen (secondary N) is 1. The van der Waals surface area contributed by atoms with Gasteiger partial charge in [0.1, 0.15) is 18.3 Å². The lowest BCUT2D eigenvalue weighted by molar-refractivity contribution is -0.119. The van der Waals surface area contributed by atoms with Crippen LogP contribution in [-0.2, 0) is 4.79 Å². The molecule has 1 atom stereocenters. The first kappa shape index (κ1) is 25.1. The molecular formula is C31H32N4O3. The Morgan fingerprint density at radius 2 is 1.58 bits per heavy atom. The van der Waals surface area contributed by atoms with Gasteiger partial charge in [0, 0.05) is 17.9 Å². The molecule has 5 rings (SSSR count). The summed E-state index contributed by atoms with van der Waals surface area (Å²) in [5.74, 6) is 0.580. The summed E-state index contributed by atoms with van der Waals surface area (Å²) in [7, 11) is 0. The maximum Gasteiger partial charge on any atom is 0.322 e. The molecule has 0 spiro atoms. The average molecular weight is 509 g/mol. The minimum Gasteiger partial charge on any atom is -0.494 e. The second kappa shape index (κ2) is 10.8. The number of ether oxygens (including phenoxy) is 1. The van der Waals surface area contributed by atoms with Gasteiger partial charge in [-0.1, -0.05) is 42.5 Å². The molecule has 4 aromatic rings. The predicted octanol–water partition coefficient (Wildman–Crippen LogP) is 6.25. The van der Waals surface area contributed by atoms with E-state index in [1.807, 2.05) is 111 Å². The smallest absolute Gasteiger partial charge is 0.322 e. The molecule has 0 radical (unpaired) electrons. The van der Waals surface area contributed by atoms with Crippen LogP contribution in [-0.4, -0.2) is 40.6 Å². The fourth-order valence-electron chi connectivity index (χ4n) is 4.92. The Morgan fingerprint density at radius 3 is 2.26 bits per heavy atom. The molecule has 0 saturated carbocycles. The van der Waals surface area contributed by atoms with Crippen LogP contribution in [0.25, 0.3) is 5.69 Å². The largest absolute Gasteiger partial charge is 0.494 e. The second-order valence-electron chi connectivity index (χ2n) is 9.48. The first-order valence-corrected chi connectivity index (χ1v) is 12.9. The molecule has 1 aliphatic heterocycles. The highest BCUT2D eigenvalue weighted by atomic mass is 16.5. The first-order valence-electron chi connectivity index (χ1n) is 12.9. The molecule has 7 nitrogen and oxygen atoms in total. The zero-order chi connectivity index (χ0) is 26.6. The molecule has 1 aromatic heterocycles. The normalized spacial score (nSPS) is 14.0. The summed E-state index contributed by atoms with van der Waals surface area (Å²) in [6.07, 6.45) is 2.02. The number of rotatable bonds is 7. The molecule has 194 valence electrons. The third-order valence-corrected chi connectivity index (χ3v) is 6.71. The van der Waals surface area contributed by atoms with E-state index in [0.717, 1.165) is 28.4 Å². The van der Waals surface area contributed by atoms with Crippen LogP contribution in [0, 0.1) is 0 Å². The summed E-state index contributed by atoms with van der Waals surface area (Å²) in [4.78, 5) is 30.9. The third-order valence-electron chi connectivity index (χ3n) is 6.71. The van der Waals surface area contributed by atoms with Crippen LogP contribution < -0.4 is 15.0 Å². The third kappa shape index (κ3) is 4.87. The lowest BCUT2D eigenvalue weighted by Crippen LogP contribution is -2.49. The van der Waals surface area contributed by atoms with Gasteiger partial charge in [-0.25, -0.2) is 4.79 Å². The Morgan fingerprint density at radius 1 is 0.895 bits per heavy atom. The van der Waals surface area contributed by atoms with Gasteiger partial charge in [-0.15, -0.1) is 0 Å². The monoisotopic (exact) mass is 508 g/mol. The van der Waals surface area contributed by atoms with Crippen molar-refractivity contribution in [3.63, 3.8) is 0 Å². The van der Waals surface area contributed by atoms with E-state index in [2.05, 4.69) is 9.88 Å². The Labute approximate surface area is 223 Å². The summed E-state index contributed by atoms with van der Waals surface area (Å²) in [6, 6.07) is 28.3. The second-order valence-corrected chi connectivity index (χ2v) is 9.48. The molecule has 1 N–H and O–H groups in total. The molecule has 0 fully saturated rings. The molecule has 0 aliphatic carbocycles. The van der Waals surface area contributed by atoms with Crippen molar-refractivity contribution in [2.24, 2.45) is 0 Å². The molecule has 38 heavy (non-hydrogen) atoms. The zero-order valence-electron chi connectivity index (χ0n) is 21.9. The number of nitrogens with zero attached hydrogens (tertiary/aromatic N) is 3. The SMILES string of the molecule is CCOc1ccc(NC(=O)N(CC(=O)N2c3ccccc3-n3cccc3C2c2ccccc2)C(C)C)cc1. The van der Waals surface area contributed by atoms with E-state index in [1.165, 1.54) is 0 Å². The number of benzene rings is 3. The van der Waals surface area contributed by atoms with Gasteiger partial charge < -0.3 is 19.5 Å². The molecular weight excluding hydrogens is 476 g/mol. The van der Waals surface area contributed by atoms with Gasteiger partial charge in [0.2, 0.25) is 5.91 Å². The maximum absolute atomic E-state index is 14.1. The minimum absolute atomic E-state index is 0.0705. The summed E-state index contributed by atoms with van der Waals surface area (Å²) < 4.78 is 7.63. The van der Waals surface area contributed by atoms with Gasteiger partial charge in [0.05, 0.1) is 23.7 Å². The maximum atomic E-state index is 14.1. The highest BCUT2D eigenvalue weighted by Crippen LogP contribution is 2.42. The van der Waals surface area contributed by atoms with Crippen LogP contribution in [0.1, 0.15) is 38.1 Å². The van der Waals surface area contributed by atoms with E-state index < -0.39 is 0 Å². The van der Waals surface area contributed by atoms with Crippen LogP contribution in [0.3, 0.4) is 0 Å². The molecule has 0 saturated heterocycles. The zero-order valence-corrected chi connectivity index (χ0v) is 21.9. The van der Waals surface area contributed by atoms with Gasteiger partial charge in [0.25, 0.3) is 0 Å². The summed E-state index contributed by atoms with van der Waals surface area (Å²) in [5, 5.41) is 2.93. The van der Waals surface area contributed by atoms with E-state index in [4.69, 9.17) is 4.74 Å². The average Bonchev–Trinajstić information content (AvgIpc) is 3.42. The topological polar surface area (TPSA) is 66.8 Å². The van der Waals surface area contributed by atoms with Gasteiger partial charge >= 0.3 is 6.03 Å². The molecule has 1 aliphatic rings. The number of aromatic nitrogens is 1. The summed E-state index contributed by atoms with van der Waals surface area (Å²) in [5.41, 5.74) is 4.39. The number of para-hydroxylation sites is 2. The van der Waals surface area contributed by atoms with Crippen molar-refractivity contribution in [2.75, 3.05) is 23.4 Å². The number of fused-ring (bicyclic) bond motifs is 3. The van der Waals surface area contributed by atoms with Crippen molar-refractivity contribution in [3.05, 3.63) is 108 Å². The number of urea groups is 1. The van der Waals surface area contributed by atoms with E-state index >= 15 is 0 Å². The quantitative estimate of drug-likeness (QED) is 0.321. The van der Waals surface area contributed by atoms with Crippen molar-refractivity contribution in [3.8, 4) is 11.4 Å². The Balaban J connectivity index is 1.45. The summed E-state index contributed by atoms with van der Waals surface area (Å²) in [6.45, 7) is 6.25. The molecule has 1 unspecified atom stereocenters. The number of carbonyl (C=O) groups is 2. The van der Waals surface area contributed by atoms with Gasteiger partial charge in [-0.2, -0.15) is 0 Å². The van der Waals surface area contributed by atoms with E-state index in [1.54, 1.807) is 17.0 Å². The lowest BCUT2D eigenvalue weighted by Gasteiger charge is -2.40. The Bertz CT molecular complexity index is 1410. The molecule has 2 heterocycles. The van der Waals surface area contributed by atoms with Crippen LogP contribution in [0.2, 0.25) is 0 Å². The molecule has 7 heteroatoms. The minimum atomic E-state index is -0.331. The van der Waals surface area contributed by atoms with Gasteiger partial charge in [0.15, 0.2) is 0 Å². The van der Waals surface area contributed by atoms with Crippen LogP contribution in [0.15, 0.2) is 97.2 Å². The highest BCUT2D eigenvalue weighted by Gasteiger charge is 2.37. The number of anilines is 2. The van der Waals surface area contributed by atoms with Crippen molar-refractivity contribution in [1.82, 2.24) is 9.47 Å². The fourth-order valence-corrected chi connectivity index (χ4v) is 4.92. The van der Waals surface area contributed by atoms with Crippen LogP contribution >= 0.6 is 0 Å². The lowest BCUT2D eigenvalue weighted by atomic mass is 9.97. The van der Waals surface area contributed by atoms with Crippen molar-refractivity contribution in [1.29, 1.82) is 0 Å². The number of amides is 3. The summed E-state index contributed by atoms with van der Waals surface area (Å²) >= 11 is 0. The van der Waals surface area contributed by atoms with E-state index in [9.17, 15) is 9.59 Å². The number of hydrogen-bond donors (Lipinski definition) is 1. The van der Waals surface area contributed by atoms with Crippen LogP contribution in [0.4, 0.5) is 16.2 Å². The fraction of sp³-hybridized carbons (Fsp3) is 0.226. The van der Waals surface area contributed by atoms with Crippen molar-refractivity contribution < 1.29 is 14.3 Å². The van der Waals surface area contributed by atoms with Crippen LogP contribution in [0.5, 0.6) is 5.75 Å². The van der Waals surface area contributed by atoms with E-state index in [0.29, 0.717) is 12.3 Å². The number of hydrogen-bond acceptors (Lipinski definition) is 3. The highest BCUT2D eigenvalue weighted by molar-refractivity contribution is 6.01. The Hall–Kier alpha value is -4.52. The van der Waals surface area contributed by atoms with Gasteiger partial charge in [-0.3, -0.25) is 9.69 Å². The standard InChI is InChI=1S/C31H32N4O3/c1-4-38-25-18-16-24(17-19-25)32-31(37)34(22(2)3)21-29(36)35-27-14-9-8-13-26(27)33-20-10-15-28(33)30(35)23-11-6-5-7-12-23/h5-20,22,30H,4,21H2,1-3H3,(H,32,37). The van der Waals surface area contributed by atoms with E-state index in [-0.39, 0.29) is 30.6 Å². The number of carbonyl (C=O) groups excluding carboxylic acids is 2. The molecule has 3 amide bonds. The predicted molar refractivity (Wildman–Crippen MR) is 150 cm³/mol. The van der Waals surface area contributed by atoms with Gasteiger partial charge in [-0.05, 0) is 74.9 Å². The Kier molecular flexibility index (Phi) is 7.18. The molecule has 3 aromatic carbocycles. The van der Waals surface area contributed by atoms with Crippen molar-refractivity contribution >= 4 is 23.3 Å². The molecule has 0 bridgehead atoms.